The van der Waals surface area contributed by atoms with Gasteiger partial charge in [0.2, 0.25) is 11.8 Å². The van der Waals surface area contributed by atoms with Crippen LogP contribution in [0.4, 0.5) is 13.2 Å². The number of halogens is 3. The maximum atomic E-state index is 13.9. The standard InChI is InChI=1S/C24H25F3N4O2/c1-14(2)23(19(13-28)21(29)33-22-20(23)15(3)30-31-22)17-10-16(8-6-5-7-9-32-4)11-18(12-17)24(25,26)27/h10-12,14H,5,7,9,29H2,1-4H3,(H,30,31). The number of H-pyrrole nitrogens is 1. The van der Waals surface area contributed by atoms with E-state index in [0.717, 1.165) is 12.1 Å². The zero-order valence-electron chi connectivity index (χ0n) is 18.9. The van der Waals surface area contributed by atoms with Gasteiger partial charge in [-0.05, 0) is 43.0 Å². The third kappa shape index (κ3) is 4.29. The topological polar surface area (TPSA) is 96.9 Å². The Morgan fingerprint density at radius 3 is 2.64 bits per heavy atom. The number of nitrogens with zero attached hydrogens (tertiary/aromatic N) is 2. The molecule has 1 aromatic heterocycles. The van der Waals surface area contributed by atoms with E-state index >= 15 is 0 Å². The molecule has 174 valence electrons. The fourth-order valence-corrected chi connectivity index (χ4v) is 4.32. The zero-order valence-corrected chi connectivity index (χ0v) is 18.9. The smallest absolute Gasteiger partial charge is 0.416 e. The van der Waals surface area contributed by atoms with Crippen molar-refractivity contribution < 1.29 is 22.6 Å². The van der Waals surface area contributed by atoms with Gasteiger partial charge in [-0.25, -0.2) is 0 Å². The van der Waals surface area contributed by atoms with Crippen LogP contribution in [0.2, 0.25) is 0 Å². The van der Waals surface area contributed by atoms with E-state index in [1.807, 2.05) is 13.8 Å². The summed E-state index contributed by atoms with van der Waals surface area (Å²) < 4.78 is 52.2. The Balaban J connectivity index is 2.33. The predicted octanol–water partition coefficient (Wildman–Crippen LogP) is 4.54. The summed E-state index contributed by atoms with van der Waals surface area (Å²) in [6, 6.07) is 5.75. The Labute approximate surface area is 190 Å². The minimum Gasteiger partial charge on any atom is -0.420 e. The van der Waals surface area contributed by atoms with E-state index in [1.165, 1.54) is 0 Å². The number of fused-ring (bicyclic) bond motifs is 1. The van der Waals surface area contributed by atoms with Crippen LogP contribution >= 0.6 is 0 Å². The van der Waals surface area contributed by atoms with Crippen molar-refractivity contribution in [3.8, 4) is 23.8 Å². The molecule has 1 aromatic carbocycles. The number of nitrogens with two attached hydrogens (primary N) is 1. The molecule has 0 fully saturated rings. The van der Waals surface area contributed by atoms with Crippen molar-refractivity contribution in [2.75, 3.05) is 13.7 Å². The van der Waals surface area contributed by atoms with E-state index in [4.69, 9.17) is 15.2 Å². The van der Waals surface area contributed by atoms with Gasteiger partial charge in [0.1, 0.15) is 11.6 Å². The summed E-state index contributed by atoms with van der Waals surface area (Å²) in [6.07, 6.45) is -3.47. The number of methoxy groups -OCH3 is 1. The molecule has 3 rings (SSSR count). The Kier molecular flexibility index (Phi) is 6.76. The van der Waals surface area contributed by atoms with Gasteiger partial charge in [-0.1, -0.05) is 25.7 Å². The summed E-state index contributed by atoms with van der Waals surface area (Å²) in [5.74, 6) is 5.33. The summed E-state index contributed by atoms with van der Waals surface area (Å²) in [5.41, 5.74) is 5.45. The number of nitrogens with one attached hydrogen (secondary N) is 1. The van der Waals surface area contributed by atoms with Crippen molar-refractivity contribution in [3.63, 3.8) is 0 Å². The summed E-state index contributed by atoms with van der Waals surface area (Å²) in [7, 11) is 1.57. The van der Waals surface area contributed by atoms with Gasteiger partial charge in [-0.2, -0.15) is 18.4 Å². The van der Waals surface area contributed by atoms with Crippen LogP contribution in [-0.2, 0) is 16.3 Å². The average Bonchev–Trinajstić information content (AvgIpc) is 3.11. The lowest BCUT2D eigenvalue weighted by Crippen LogP contribution is -2.41. The molecule has 2 heterocycles. The van der Waals surface area contributed by atoms with Gasteiger partial charge in [0.25, 0.3) is 0 Å². The average molecular weight is 458 g/mol. The van der Waals surface area contributed by atoms with Crippen molar-refractivity contribution in [3.05, 3.63) is 57.6 Å². The number of nitriles is 1. The van der Waals surface area contributed by atoms with E-state index in [2.05, 4.69) is 28.1 Å². The quantitative estimate of drug-likeness (QED) is 0.506. The lowest BCUT2D eigenvalue weighted by atomic mass is 9.61. The Hall–Kier alpha value is -3.43. The van der Waals surface area contributed by atoms with E-state index in [0.29, 0.717) is 30.7 Å². The predicted molar refractivity (Wildman–Crippen MR) is 116 cm³/mol. The van der Waals surface area contributed by atoms with Crippen LogP contribution in [0.15, 0.2) is 29.7 Å². The number of ether oxygens (including phenoxy) is 2. The maximum Gasteiger partial charge on any atom is 0.416 e. The number of benzene rings is 1. The van der Waals surface area contributed by atoms with Gasteiger partial charge < -0.3 is 15.2 Å². The van der Waals surface area contributed by atoms with Crippen LogP contribution in [-0.4, -0.2) is 23.9 Å². The first-order valence-electron chi connectivity index (χ1n) is 10.4. The van der Waals surface area contributed by atoms with Crippen molar-refractivity contribution in [2.45, 2.75) is 45.2 Å². The third-order valence-electron chi connectivity index (χ3n) is 5.73. The SMILES string of the molecule is COCCCC#Cc1cc(C(F)(F)F)cc(C2(C(C)C)C(C#N)=C(N)Oc3n[nH]c(C)c32)c1. The van der Waals surface area contributed by atoms with E-state index in [9.17, 15) is 18.4 Å². The van der Waals surface area contributed by atoms with Gasteiger partial charge in [0.05, 0.1) is 16.5 Å². The Morgan fingerprint density at radius 2 is 2.03 bits per heavy atom. The molecule has 0 bridgehead atoms. The summed E-state index contributed by atoms with van der Waals surface area (Å²) >= 11 is 0. The van der Waals surface area contributed by atoms with Gasteiger partial charge in [-0.3, -0.25) is 5.10 Å². The molecule has 0 radical (unpaired) electrons. The molecule has 2 aromatic rings. The van der Waals surface area contributed by atoms with Crippen LogP contribution in [0, 0.1) is 36.0 Å². The van der Waals surface area contributed by atoms with Crippen LogP contribution < -0.4 is 10.5 Å². The molecule has 0 amide bonds. The number of aromatic nitrogens is 2. The van der Waals surface area contributed by atoms with Crippen LogP contribution in [0.3, 0.4) is 0 Å². The second kappa shape index (κ2) is 9.21. The Morgan fingerprint density at radius 1 is 1.30 bits per heavy atom. The van der Waals surface area contributed by atoms with Crippen molar-refractivity contribution in [1.29, 1.82) is 5.26 Å². The molecular weight excluding hydrogens is 433 g/mol. The minimum atomic E-state index is -4.61. The molecule has 1 aliphatic rings. The van der Waals surface area contributed by atoms with E-state index < -0.39 is 17.2 Å². The molecule has 9 heteroatoms. The first kappa shape index (κ1) is 24.2. The highest BCUT2D eigenvalue weighted by atomic mass is 19.4. The number of aryl methyl sites for hydroxylation is 1. The molecular formula is C24H25F3N4O2. The molecule has 33 heavy (non-hydrogen) atoms. The van der Waals surface area contributed by atoms with Gasteiger partial charge in [0.15, 0.2) is 0 Å². The summed E-state index contributed by atoms with van der Waals surface area (Å²) in [4.78, 5) is 0. The number of alkyl halides is 3. The van der Waals surface area contributed by atoms with Gasteiger partial charge in [-0.15, -0.1) is 5.10 Å². The maximum absolute atomic E-state index is 13.9. The molecule has 0 spiro atoms. The number of hydrogen-bond donors (Lipinski definition) is 2. The zero-order chi connectivity index (χ0) is 24.4. The minimum absolute atomic E-state index is 0.0350. The fraction of sp³-hybridized carbons (Fsp3) is 0.417. The molecule has 0 saturated carbocycles. The van der Waals surface area contributed by atoms with Crippen molar-refractivity contribution in [1.82, 2.24) is 10.2 Å². The van der Waals surface area contributed by atoms with Crippen LogP contribution in [0.1, 0.15) is 54.6 Å². The normalized spacial score (nSPS) is 17.8. The highest BCUT2D eigenvalue weighted by Gasteiger charge is 2.51. The first-order valence-corrected chi connectivity index (χ1v) is 10.4. The molecule has 1 unspecified atom stereocenters. The number of unbranched alkanes of at least 4 members (excludes halogenated alkanes) is 1. The van der Waals surface area contributed by atoms with Crippen molar-refractivity contribution in [2.24, 2.45) is 11.7 Å². The Bertz CT molecular complexity index is 1180. The van der Waals surface area contributed by atoms with Gasteiger partial charge in [0, 0.05) is 31.4 Å². The number of allylic oxidation sites excluding steroid dienone is 1. The van der Waals surface area contributed by atoms with Crippen LogP contribution in [0.25, 0.3) is 0 Å². The molecule has 6 nitrogen and oxygen atoms in total. The summed E-state index contributed by atoms with van der Waals surface area (Å²) in [6.45, 7) is 5.88. The molecule has 1 aliphatic heterocycles. The van der Waals surface area contributed by atoms with Crippen LogP contribution in [0.5, 0.6) is 5.88 Å². The number of hydrogen-bond acceptors (Lipinski definition) is 5. The number of aromatic amines is 1. The molecule has 0 saturated heterocycles. The second-order valence-corrected chi connectivity index (χ2v) is 8.14. The fourth-order valence-electron chi connectivity index (χ4n) is 4.32. The lowest BCUT2D eigenvalue weighted by Gasteiger charge is -2.41. The largest absolute Gasteiger partial charge is 0.420 e. The highest BCUT2D eigenvalue weighted by molar-refractivity contribution is 5.63. The highest BCUT2D eigenvalue weighted by Crippen LogP contribution is 2.53. The van der Waals surface area contributed by atoms with E-state index in [1.54, 1.807) is 20.1 Å². The monoisotopic (exact) mass is 458 g/mol. The lowest BCUT2D eigenvalue weighted by molar-refractivity contribution is -0.137. The molecule has 3 N–H and O–H groups in total. The molecule has 0 aliphatic carbocycles. The summed E-state index contributed by atoms with van der Waals surface area (Å²) in [5, 5.41) is 16.9. The van der Waals surface area contributed by atoms with Gasteiger partial charge >= 0.3 is 6.18 Å². The van der Waals surface area contributed by atoms with E-state index in [-0.39, 0.29) is 34.4 Å². The second-order valence-electron chi connectivity index (χ2n) is 8.14. The van der Waals surface area contributed by atoms with Crippen molar-refractivity contribution >= 4 is 0 Å². The number of rotatable bonds is 5. The first-order chi connectivity index (χ1) is 15.6. The third-order valence-corrected chi connectivity index (χ3v) is 5.73. The molecule has 1 atom stereocenters.